The minimum absolute atomic E-state index is 0.0781. The van der Waals surface area contributed by atoms with Gasteiger partial charge in [-0.2, -0.15) is 0 Å². The number of pyridine rings is 2. The Balaban J connectivity index is 1.98. The van der Waals surface area contributed by atoms with Crippen molar-refractivity contribution >= 4 is 17.6 Å². The molecule has 7 nitrogen and oxygen atoms in total. The number of hydrogen-bond acceptors (Lipinski definition) is 5. The Kier molecular flexibility index (Phi) is 7.42. The number of anilines is 1. The maximum atomic E-state index is 13.2. The molecule has 0 saturated heterocycles. The van der Waals surface area contributed by atoms with Gasteiger partial charge in [0.2, 0.25) is 11.8 Å². The summed E-state index contributed by atoms with van der Waals surface area (Å²) in [6, 6.07) is 6.22. The van der Waals surface area contributed by atoms with Gasteiger partial charge in [0.15, 0.2) is 6.10 Å². The molecule has 0 radical (unpaired) electrons. The molecule has 30 heavy (non-hydrogen) atoms. The Hall–Kier alpha value is -3.10. The predicted molar refractivity (Wildman–Crippen MR) is 109 cm³/mol. The van der Waals surface area contributed by atoms with Crippen LogP contribution in [0.2, 0.25) is 0 Å². The third-order valence-corrected chi connectivity index (χ3v) is 4.25. The first-order chi connectivity index (χ1) is 14.0. The first-order valence-corrected chi connectivity index (χ1v) is 9.53. The highest BCUT2D eigenvalue weighted by Gasteiger charge is 2.32. The number of halogens is 2. The summed E-state index contributed by atoms with van der Waals surface area (Å²) >= 11 is 0. The van der Waals surface area contributed by atoms with E-state index in [4.69, 9.17) is 4.74 Å². The third-order valence-electron chi connectivity index (χ3n) is 4.25. The van der Waals surface area contributed by atoms with Crippen LogP contribution in [0.15, 0.2) is 30.5 Å². The van der Waals surface area contributed by atoms with Crippen molar-refractivity contribution in [2.75, 3.05) is 5.32 Å². The molecule has 2 rings (SSSR count). The summed E-state index contributed by atoms with van der Waals surface area (Å²) in [5, 5.41) is 5.43. The molecule has 2 aromatic heterocycles. The zero-order chi connectivity index (χ0) is 22.5. The SMILES string of the molecule is Cc1cc(C(=O)NCc2ccc(O[C@H](C)C(C)(F)F)nc2)cc(NC(=O)C(C)C)n1. The van der Waals surface area contributed by atoms with Gasteiger partial charge in [-0.1, -0.05) is 19.9 Å². The largest absolute Gasteiger partial charge is 0.468 e. The lowest BCUT2D eigenvalue weighted by atomic mass is 10.2. The predicted octanol–water partition coefficient (Wildman–Crippen LogP) is 3.73. The van der Waals surface area contributed by atoms with Gasteiger partial charge in [0.05, 0.1) is 0 Å². The van der Waals surface area contributed by atoms with E-state index < -0.39 is 12.0 Å². The van der Waals surface area contributed by atoms with Crippen LogP contribution in [0.25, 0.3) is 0 Å². The molecule has 0 unspecified atom stereocenters. The second kappa shape index (κ2) is 9.60. The highest BCUT2D eigenvalue weighted by atomic mass is 19.3. The van der Waals surface area contributed by atoms with Crippen molar-refractivity contribution in [3.8, 4) is 5.88 Å². The molecule has 0 fully saturated rings. The van der Waals surface area contributed by atoms with Crippen LogP contribution in [0.3, 0.4) is 0 Å². The van der Waals surface area contributed by atoms with Crippen molar-refractivity contribution in [3.05, 3.63) is 47.3 Å². The molecule has 2 heterocycles. The number of hydrogen-bond donors (Lipinski definition) is 2. The smallest absolute Gasteiger partial charge is 0.281 e. The Bertz CT molecular complexity index is 896. The van der Waals surface area contributed by atoms with Crippen molar-refractivity contribution < 1.29 is 23.1 Å². The van der Waals surface area contributed by atoms with Gasteiger partial charge >= 0.3 is 0 Å². The van der Waals surface area contributed by atoms with E-state index in [1.165, 1.54) is 25.3 Å². The average molecular weight is 420 g/mol. The fourth-order valence-electron chi connectivity index (χ4n) is 2.29. The van der Waals surface area contributed by atoms with Gasteiger partial charge in [0.1, 0.15) is 5.82 Å². The van der Waals surface area contributed by atoms with E-state index in [-0.39, 0.29) is 30.2 Å². The van der Waals surface area contributed by atoms with Gasteiger partial charge in [-0.25, -0.2) is 18.7 Å². The van der Waals surface area contributed by atoms with Crippen molar-refractivity contribution in [1.82, 2.24) is 15.3 Å². The minimum Gasteiger partial charge on any atom is -0.468 e. The van der Waals surface area contributed by atoms with Crippen LogP contribution in [0.5, 0.6) is 5.88 Å². The summed E-state index contributed by atoms with van der Waals surface area (Å²) in [5.74, 6) is -3.35. The molecule has 2 N–H and O–H groups in total. The van der Waals surface area contributed by atoms with E-state index in [1.807, 2.05) is 0 Å². The Morgan fingerprint density at radius 3 is 2.47 bits per heavy atom. The van der Waals surface area contributed by atoms with Gasteiger partial charge in [0, 0.05) is 42.9 Å². The molecule has 0 aliphatic rings. The lowest BCUT2D eigenvalue weighted by Gasteiger charge is -2.20. The average Bonchev–Trinajstić information content (AvgIpc) is 2.65. The Labute approximate surface area is 174 Å². The second-order valence-electron chi connectivity index (χ2n) is 7.43. The topological polar surface area (TPSA) is 93.2 Å². The molecule has 0 spiro atoms. The highest BCUT2D eigenvalue weighted by Crippen LogP contribution is 2.21. The summed E-state index contributed by atoms with van der Waals surface area (Å²) in [6.45, 7) is 7.48. The third kappa shape index (κ3) is 6.75. The van der Waals surface area contributed by atoms with Crippen molar-refractivity contribution in [1.29, 1.82) is 0 Å². The van der Waals surface area contributed by atoms with Crippen LogP contribution < -0.4 is 15.4 Å². The number of ether oxygens (including phenoxy) is 1. The zero-order valence-corrected chi connectivity index (χ0v) is 17.6. The Morgan fingerprint density at radius 1 is 1.20 bits per heavy atom. The number of amides is 2. The monoisotopic (exact) mass is 420 g/mol. The summed E-state index contributed by atoms with van der Waals surface area (Å²) in [7, 11) is 0. The number of carbonyl (C=O) groups is 2. The molecule has 0 aliphatic heterocycles. The maximum Gasteiger partial charge on any atom is 0.281 e. The summed E-state index contributed by atoms with van der Waals surface area (Å²) in [6.07, 6.45) is 0.137. The first kappa shape index (κ1) is 23.2. The summed E-state index contributed by atoms with van der Waals surface area (Å²) in [5.41, 5.74) is 1.62. The molecular formula is C21H26F2N4O3. The van der Waals surface area contributed by atoms with E-state index in [9.17, 15) is 18.4 Å². The molecule has 0 saturated carbocycles. The molecule has 9 heteroatoms. The minimum atomic E-state index is -2.98. The van der Waals surface area contributed by atoms with E-state index in [0.29, 0.717) is 22.6 Å². The van der Waals surface area contributed by atoms with Crippen LogP contribution in [-0.4, -0.2) is 33.8 Å². The molecule has 0 aliphatic carbocycles. The summed E-state index contributed by atoms with van der Waals surface area (Å²) < 4.78 is 31.5. The number of aromatic nitrogens is 2. The zero-order valence-electron chi connectivity index (χ0n) is 17.6. The molecule has 162 valence electrons. The maximum absolute atomic E-state index is 13.2. The lowest BCUT2D eigenvalue weighted by Crippen LogP contribution is -2.32. The number of nitrogens with zero attached hydrogens (tertiary/aromatic N) is 2. The number of rotatable bonds is 8. The van der Waals surface area contributed by atoms with E-state index in [0.717, 1.165) is 6.92 Å². The first-order valence-electron chi connectivity index (χ1n) is 9.53. The molecule has 2 aromatic rings. The number of carbonyl (C=O) groups excluding carboxylic acids is 2. The van der Waals surface area contributed by atoms with Gasteiger partial charge < -0.3 is 15.4 Å². The standard InChI is InChI=1S/C21H26F2N4O3/c1-12(2)19(28)27-17-9-16(8-13(3)26-17)20(29)25-11-15-6-7-18(24-10-15)30-14(4)21(5,22)23/h6-10,12,14H,11H2,1-5H3,(H,25,29)(H,26,27,28)/t14-/m1/s1. The van der Waals surface area contributed by atoms with Gasteiger partial charge in [0.25, 0.3) is 11.8 Å². The van der Waals surface area contributed by atoms with Crippen LogP contribution in [0, 0.1) is 12.8 Å². The van der Waals surface area contributed by atoms with Crippen molar-refractivity contribution in [2.45, 2.75) is 53.2 Å². The van der Waals surface area contributed by atoms with Crippen molar-refractivity contribution in [3.63, 3.8) is 0 Å². The lowest BCUT2D eigenvalue weighted by molar-refractivity contribution is -0.118. The van der Waals surface area contributed by atoms with Crippen LogP contribution in [-0.2, 0) is 11.3 Å². The molecule has 0 bridgehead atoms. The second-order valence-corrected chi connectivity index (χ2v) is 7.43. The quantitative estimate of drug-likeness (QED) is 0.679. The fraction of sp³-hybridized carbons (Fsp3) is 0.429. The van der Waals surface area contributed by atoms with Gasteiger partial charge in [-0.05, 0) is 31.5 Å². The normalized spacial score (nSPS) is 12.4. The van der Waals surface area contributed by atoms with E-state index in [1.54, 1.807) is 32.9 Å². The van der Waals surface area contributed by atoms with E-state index in [2.05, 4.69) is 20.6 Å². The van der Waals surface area contributed by atoms with Crippen LogP contribution >= 0.6 is 0 Å². The number of aryl methyl sites for hydroxylation is 1. The summed E-state index contributed by atoms with van der Waals surface area (Å²) in [4.78, 5) is 32.6. The van der Waals surface area contributed by atoms with Gasteiger partial charge in [-0.3, -0.25) is 9.59 Å². The Morgan fingerprint density at radius 2 is 1.90 bits per heavy atom. The molecule has 1 atom stereocenters. The molecule has 0 aromatic carbocycles. The van der Waals surface area contributed by atoms with Gasteiger partial charge in [-0.15, -0.1) is 0 Å². The van der Waals surface area contributed by atoms with Crippen LogP contribution in [0.4, 0.5) is 14.6 Å². The van der Waals surface area contributed by atoms with Crippen LogP contribution in [0.1, 0.15) is 49.3 Å². The van der Waals surface area contributed by atoms with Crippen molar-refractivity contribution in [2.24, 2.45) is 5.92 Å². The highest BCUT2D eigenvalue weighted by molar-refractivity contribution is 5.97. The van der Waals surface area contributed by atoms with E-state index >= 15 is 0 Å². The number of alkyl halides is 2. The fourth-order valence-corrected chi connectivity index (χ4v) is 2.29. The number of nitrogens with one attached hydrogen (secondary N) is 2. The molecule has 2 amide bonds. The molecular weight excluding hydrogens is 394 g/mol.